The largest absolute Gasteiger partial charge is 0.382 e. The minimum Gasteiger partial charge on any atom is -0.382 e. The zero-order chi connectivity index (χ0) is 33.8. The Morgan fingerprint density at radius 3 is 2.42 bits per heavy atom. The fraction of sp³-hybridized carbons (Fsp3) is 0.455. The van der Waals surface area contributed by atoms with E-state index >= 15 is 0 Å². The van der Waals surface area contributed by atoms with Gasteiger partial charge in [-0.2, -0.15) is 5.10 Å². The number of aliphatic hydroxyl groups is 1. The van der Waals surface area contributed by atoms with Crippen LogP contribution in [0.25, 0.3) is 6.08 Å². The van der Waals surface area contributed by atoms with Crippen LogP contribution in [0.4, 0.5) is 19.3 Å². The number of aromatic nitrogens is 3. The Bertz CT molecular complexity index is 1650. The smallest absolute Gasteiger partial charge is 0.293 e. The molecule has 4 heterocycles. The van der Waals surface area contributed by atoms with E-state index in [0.717, 1.165) is 61.3 Å². The van der Waals surface area contributed by atoms with Gasteiger partial charge in [-0.15, -0.1) is 0 Å². The average Bonchev–Trinajstić information content (AvgIpc) is 3.66. The second-order valence-electron chi connectivity index (χ2n) is 12.5. The van der Waals surface area contributed by atoms with Gasteiger partial charge in [-0.3, -0.25) is 19.4 Å². The number of halogens is 3. The summed E-state index contributed by atoms with van der Waals surface area (Å²) in [6.45, 7) is 7.26. The van der Waals surface area contributed by atoms with E-state index in [2.05, 4.69) is 31.8 Å². The third-order valence-electron chi connectivity index (χ3n) is 9.13. The lowest BCUT2D eigenvalue weighted by atomic mass is 9.92. The van der Waals surface area contributed by atoms with Gasteiger partial charge in [0.15, 0.2) is 0 Å². The van der Waals surface area contributed by atoms with Gasteiger partial charge in [-0.25, -0.2) is 18.4 Å². The van der Waals surface area contributed by atoms with E-state index in [-0.39, 0.29) is 29.8 Å². The summed E-state index contributed by atoms with van der Waals surface area (Å²) < 4.78 is 29.9. The number of benzene rings is 2. The number of rotatable bonds is 11. The molecule has 1 aromatic heterocycles. The van der Waals surface area contributed by atoms with Crippen LogP contribution in [0.1, 0.15) is 17.5 Å². The number of hydrogen-bond donors (Lipinski definition) is 1. The van der Waals surface area contributed by atoms with Gasteiger partial charge in [0.1, 0.15) is 29.9 Å². The van der Waals surface area contributed by atoms with Gasteiger partial charge >= 0.3 is 0 Å². The number of carbonyl (C=O) groups excluding carboxylic acids is 2. The molecular weight excluding hydrogens is 662 g/mol. The molecule has 2 aromatic carbocycles. The quantitative estimate of drug-likeness (QED) is 0.299. The molecule has 11 nitrogen and oxygen atoms in total. The van der Waals surface area contributed by atoms with E-state index in [9.17, 15) is 23.5 Å². The molecule has 0 spiro atoms. The molecule has 0 radical (unpaired) electrons. The predicted octanol–water partition coefficient (Wildman–Crippen LogP) is 3.59. The number of piperazine rings is 2. The highest BCUT2D eigenvalue weighted by Gasteiger charge is 2.37. The van der Waals surface area contributed by atoms with Crippen molar-refractivity contribution in [3.63, 3.8) is 0 Å². The van der Waals surface area contributed by atoms with Crippen LogP contribution in [0.15, 0.2) is 54.0 Å². The maximum absolute atomic E-state index is 14.8. The van der Waals surface area contributed by atoms with Crippen LogP contribution in [0.3, 0.4) is 0 Å². The van der Waals surface area contributed by atoms with E-state index in [1.807, 2.05) is 17.0 Å². The number of nitrogens with zero attached hydrogens (tertiary/aromatic N) is 8. The van der Waals surface area contributed by atoms with E-state index in [1.165, 1.54) is 28.3 Å². The highest BCUT2D eigenvalue weighted by Crippen LogP contribution is 2.35. The standard InChI is InChI=1S/C33H39ClF2N8O3S/c1-39-9-15-42(16-10-39)29-18-25(34)4-3-24(29)17-30-31(45)44(32(46)48-30)8-2-7-40-11-13-41(14-12-40)20-33(47,21-43-23-37-22-38-43)27-6-5-26(35)19-28(27)36/h3-6,17-19,22-23,47H,2,7-16,20-21H2,1H3. The van der Waals surface area contributed by atoms with Crippen molar-refractivity contribution in [2.45, 2.75) is 18.6 Å². The molecule has 1 unspecified atom stereocenters. The molecule has 2 amide bonds. The molecule has 0 saturated carbocycles. The summed E-state index contributed by atoms with van der Waals surface area (Å²) in [6.07, 6.45) is 5.21. The van der Waals surface area contributed by atoms with E-state index < -0.39 is 17.2 Å². The van der Waals surface area contributed by atoms with Gasteiger partial charge in [0.05, 0.1) is 11.4 Å². The molecule has 3 saturated heterocycles. The maximum atomic E-state index is 14.8. The van der Waals surface area contributed by atoms with Crippen molar-refractivity contribution < 1.29 is 23.5 Å². The Hall–Kier alpha value is -3.40. The number of imide groups is 1. The molecule has 48 heavy (non-hydrogen) atoms. The van der Waals surface area contributed by atoms with Crippen LogP contribution in [-0.2, 0) is 16.9 Å². The summed E-state index contributed by atoms with van der Waals surface area (Å²) in [6, 6.07) is 8.81. The van der Waals surface area contributed by atoms with Crippen molar-refractivity contribution in [3.05, 3.63) is 81.7 Å². The summed E-state index contributed by atoms with van der Waals surface area (Å²) in [4.78, 5) is 40.7. The second kappa shape index (κ2) is 15.0. The molecule has 0 aliphatic carbocycles. The van der Waals surface area contributed by atoms with Crippen LogP contribution in [0.2, 0.25) is 5.02 Å². The highest BCUT2D eigenvalue weighted by atomic mass is 35.5. The Morgan fingerprint density at radius 2 is 1.71 bits per heavy atom. The summed E-state index contributed by atoms with van der Waals surface area (Å²) in [5.41, 5.74) is 0.160. The molecule has 1 N–H and O–H groups in total. The summed E-state index contributed by atoms with van der Waals surface area (Å²) in [7, 11) is 2.09. The minimum atomic E-state index is -1.66. The van der Waals surface area contributed by atoms with Crippen LogP contribution in [-0.4, -0.2) is 130 Å². The lowest BCUT2D eigenvalue weighted by molar-refractivity contribution is -0.122. The fourth-order valence-corrected chi connectivity index (χ4v) is 7.48. The van der Waals surface area contributed by atoms with Gasteiger partial charge in [0.2, 0.25) is 0 Å². The second-order valence-corrected chi connectivity index (χ2v) is 14.0. The van der Waals surface area contributed by atoms with Crippen LogP contribution >= 0.6 is 23.4 Å². The number of hydrogen-bond acceptors (Lipinski definition) is 10. The van der Waals surface area contributed by atoms with Gasteiger partial charge in [-0.1, -0.05) is 23.7 Å². The first-order valence-corrected chi connectivity index (χ1v) is 17.2. The number of carbonyl (C=O) groups is 2. The predicted molar refractivity (Wildman–Crippen MR) is 182 cm³/mol. The number of anilines is 1. The monoisotopic (exact) mass is 700 g/mol. The third-order valence-corrected chi connectivity index (χ3v) is 10.3. The zero-order valence-corrected chi connectivity index (χ0v) is 28.3. The lowest BCUT2D eigenvalue weighted by Gasteiger charge is -2.39. The van der Waals surface area contributed by atoms with Crippen LogP contribution in [0.5, 0.6) is 0 Å². The van der Waals surface area contributed by atoms with Gasteiger partial charge < -0.3 is 19.8 Å². The number of amides is 2. The maximum Gasteiger partial charge on any atom is 0.293 e. The molecular formula is C33H39ClF2N8O3S. The summed E-state index contributed by atoms with van der Waals surface area (Å²) >= 11 is 7.30. The minimum absolute atomic E-state index is 0.000296. The Kier molecular flexibility index (Phi) is 10.8. The first-order valence-electron chi connectivity index (χ1n) is 16.0. The highest BCUT2D eigenvalue weighted by molar-refractivity contribution is 8.18. The first kappa shape index (κ1) is 34.5. The molecule has 256 valence electrons. The number of thioether (sulfide) groups is 1. The van der Waals surface area contributed by atoms with Crippen molar-refractivity contribution in [1.29, 1.82) is 0 Å². The zero-order valence-electron chi connectivity index (χ0n) is 26.8. The van der Waals surface area contributed by atoms with Gasteiger partial charge in [0, 0.05) is 87.8 Å². The van der Waals surface area contributed by atoms with Crippen molar-refractivity contribution in [1.82, 2.24) is 34.4 Å². The molecule has 1 atom stereocenters. The molecule has 3 aliphatic rings. The Morgan fingerprint density at radius 1 is 0.958 bits per heavy atom. The summed E-state index contributed by atoms with van der Waals surface area (Å²) in [5, 5.41) is 16.1. The van der Waals surface area contributed by atoms with Crippen molar-refractivity contribution in [2.75, 3.05) is 83.9 Å². The normalized spacial score (nSPS) is 20.6. The Balaban J connectivity index is 1.02. The van der Waals surface area contributed by atoms with Crippen LogP contribution < -0.4 is 4.90 Å². The molecule has 15 heteroatoms. The number of likely N-dealkylation sites (N-methyl/N-ethyl adjacent to an activating group) is 1. The number of β-amino-alcohol motifs (C(OH)–C–C–N with tert-alkyl or cyclic N) is 1. The van der Waals surface area contributed by atoms with Crippen molar-refractivity contribution in [3.8, 4) is 0 Å². The lowest BCUT2D eigenvalue weighted by Crippen LogP contribution is -2.52. The molecule has 3 aromatic rings. The average molecular weight is 701 g/mol. The molecule has 3 aliphatic heterocycles. The Labute approximate surface area is 287 Å². The topological polar surface area (TPSA) is 101 Å². The molecule has 0 bridgehead atoms. The van der Waals surface area contributed by atoms with E-state index in [4.69, 9.17) is 11.6 Å². The SMILES string of the molecule is CN1CCN(c2cc(Cl)ccc2C=C2SC(=O)N(CCCN3CCN(CC(O)(Cn4cncn4)c4ccc(F)cc4F)CC3)C2=O)CC1. The third kappa shape index (κ3) is 8.07. The van der Waals surface area contributed by atoms with E-state index in [0.29, 0.717) is 55.6 Å². The first-order chi connectivity index (χ1) is 23.1. The fourth-order valence-electron chi connectivity index (χ4n) is 6.46. The van der Waals surface area contributed by atoms with E-state index in [1.54, 1.807) is 12.1 Å². The van der Waals surface area contributed by atoms with Crippen molar-refractivity contribution in [2.24, 2.45) is 0 Å². The van der Waals surface area contributed by atoms with Crippen LogP contribution in [0, 0.1) is 11.6 Å². The molecule has 6 rings (SSSR count). The van der Waals surface area contributed by atoms with Crippen molar-refractivity contribution >= 4 is 46.3 Å². The van der Waals surface area contributed by atoms with Gasteiger partial charge in [0.25, 0.3) is 11.1 Å². The summed E-state index contributed by atoms with van der Waals surface area (Å²) in [5.74, 6) is -1.82. The molecule has 3 fully saturated rings. The van der Waals surface area contributed by atoms with Gasteiger partial charge in [-0.05, 0) is 61.6 Å².